The first-order valence-corrected chi connectivity index (χ1v) is 11.0. The van der Waals surface area contributed by atoms with Crippen LogP contribution >= 0.6 is 34.5 Å². The third kappa shape index (κ3) is 4.82. The molecule has 3 rings (SSSR count). The number of carbonyl (C=O) groups is 1. The Balaban J connectivity index is 1.96. The summed E-state index contributed by atoms with van der Waals surface area (Å²) >= 11 is 13.6. The van der Waals surface area contributed by atoms with Gasteiger partial charge in [-0.3, -0.25) is 9.59 Å². The largest absolute Gasteiger partial charge is 0.339 e. The van der Waals surface area contributed by atoms with Crippen molar-refractivity contribution < 1.29 is 9.18 Å². The summed E-state index contributed by atoms with van der Waals surface area (Å²) in [6.07, 6.45) is 3.32. The van der Waals surface area contributed by atoms with E-state index in [4.69, 9.17) is 23.2 Å². The standard InChI is InChI=1S/C21H21Cl2FN2O2S/c1-2-3-8-25(10-7-24)19(27)12-26-9-6-18-20(21(26)28)15(13-29-18)14-4-5-16(22)17(23)11-14/h4-6,9,11,13H,2-3,7-8,10,12H2,1H3. The predicted octanol–water partition coefficient (Wildman–Crippen LogP) is 5.64. The van der Waals surface area contributed by atoms with Gasteiger partial charge in [-0.2, -0.15) is 0 Å². The van der Waals surface area contributed by atoms with Crippen LogP contribution < -0.4 is 5.56 Å². The molecule has 0 saturated heterocycles. The van der Waals surface area contributed by atoms with Crippen LogP contribution in [0.25, 0.3) is 21.2 Å². The molecule has 0 radical (unpaired) electrons. The Morgan fingerprint density at radius 3 is 2.69 bits per heavy atom. The number of hydrogen-bond donors (Lipinski definition) is 0. The van der Waals surface area contributed by atoms with Crippen LogP contribution in [0, 0.1) is 0 Å². The molecule has 4 nitrogen and oxygen atoms in total. The van der Waals surface area contributed by atoms with Crippen molar-refractivity contribution in [2.75, 3.05) is 19.8 Å². The number of alkyl halides is 1. The normalized spacial score (nSPS) is 11.2. The van der Waals surface area contributed by atoms with Crippen LogP contribution in [0.5, 0.6) is 0 Å². The van der Waals surface area contributed by atoms with Gasteiger partial charge in [0.05, 0.1) is 15.4 Å². The van der Waals surface area contributed by atoms with Gasteiger partial charge in [0.25, 0.3) is 5.56 Å². The highest BCUT2D eigenvalue weighted by molar-refractivity contribution is 7.17. The molecule has 1 amide bonds. The molecule has 1 aromatic carbocycles. The Labute approximate surface area is 182 Å². The number of benzene rings is 1. The van der Waals surface area contributed by atoms with Gasteiger partial charge < -0.3 is 9.47 Å². The molecule has 0 N–H and O–H groups in total. The molecule has 2 aromatic heterocycles. The van der Waals surface area contributed by atoms with E-state index in [9.17, 15) is 14.0 Å². The Hall–Kier alpha value is -1.89. The van der Waals surface area contributed by atoms with Crippen molar-refractivity contribution in [3.63, 3.8) is 0 Å². The number of amides is 1. The Bertz CT molecular complexity index is 1080. The molecule has 0 aliphatic rings. The summed E-state index contributed by atoms with van der Waals surface area (Å²) in [5.41, 5.74) is 1.28. The molecule has 0 fully saturated rings. The lowest BCUT2D eigenvalue weighted by Gasteiger charge is -2.21. The first kappa shape index (κ1) is 21.8. The zero-order valence-corrected chi connectivity index (χ0v) is 18.3. The molecule has 0 spiro atoms. The highest BCUT2D eigenvalue weighted by Crippen LogP contribution is 2.34. The summed E-state index contributed by atoms with van der Waals surface area (Å²) in [7, 11) is 0. The van der Waals surface area contributed by atoms with Crippen molar-refractivity contribution in [3.8, 4) is 11.1 Å². The number of aromatic nitrogens is 1. The van der Waals surface area contributed by atoms with Gasteiger partial charge in [-0.05, 0) is 30.2 Å². The zero-order valence-electron chi connectivity index (χ0n) is 16.0. The molecule has 154 valence electrons. The predicted molar refractivity (Wildman–Crippen MR) is 119 cm³/mol. The second-order valence-corrected chi connectivity index (χ2v) is 8.42. The summed E-state index contributed by atoms with van der Waals surface area (Å²) < 4.78 is 15.0. The molecular formula is C21H21Cl2FN2O2S. The highest BCUT2D eigenvalue weighted by atomic mass is 35.5. The molecule has 0 saturated carbocycles. The summed E-state index contributed by atoms with van der Waals surface area (Å²) in [5.74, 6) is -0.260. The lowest BCUT2D eigenvalue weighted by Crippen LogP contribution is -2.38. The fourth-order valence-corrected chi connectivity index (χ4v) is 4.40. The van der Waals surface area contributed by atoms with Gasteiger partial charge in [0.15, 0.2) is 0 Å². The third-order valence-electron chi connectivity index (χ3n) is 4.72. The first-order chi connectivity index (χ1) is 14.0. The van der Waals surface area contributed by atoms with Crippen LogP contribution in [0.3, 0.4) is 0 Å². The monoisotopic (exact) mass is 454 g/mol. The molecule has 0 bridgehead atoms. The van der Waals surface area contributed by atoms with Gasteiger partial charge in [-0.15, -0.1) is 11.3 Å². The number of carbonyl (C=O) groups excluding carboxylic acids is 1. The minimum Gasteiger partial charge on any atom is -0.339 e. The van der Waals surface area contributed by atoms with E-state index in [2.05, 4.69) is 0 Å². The summed E-state index contributed by atoms with van der Waals surface area (Å²) in [5, 5.41) is 3.29. The Morgan fingerprint density at radius 2 is 2.00 bits per heavy atom. The van der Waals surface area contributed by atoms with E-state index >= 15 is 0 Å². The Morgan fingerprint density at radius 1 is 1.21 bits per heavy atom. The topological polar surface area (TPSA) is 42.3 Å². The number of fused-ring (bicyclic) bond motifs is 1. The summed E-state index contributed by atoms with van der Waals surface area (Å²) in [6, 6.07) is 7.05. The molecule has 29 heavy (non-hydrogen) atoms. The highest BCUT2D eigenvalue weighted by Gasteiger charge is 2.17. The molecule has 0 unspecified atom stereocenters. The maximum Gasteiger partial charge on any atom is 0.260 e. The van der Waals surface area contributed by atoms with Crippen molar-refractivity contribution in [1.29, 1.82) is 0 Å². The summed E-state index contributed by atoms with van der Waals surface area (Å²) in [4.78, 5) is 27.3. The van der Waals surface area contributed by atoms with Gasteiger partial charge in [-0.25, -0.2) is 4.39 Å². The second-order valence-electron chi connectivity index (χ2n) is 6.69. The molecule has 8 heteroatoms. The number of rotatable bonds is 8. The van der Waals surface area contributed by atoms with E-state index in [1.54, 1.807) is 18.3 Å². The number of halogens is 3. The molecule has 3 aromatic rings. The van der Waals surface area contributed by atoms with Gasteiger partial charge in [0.1, 0.15) is 13.2 Å². The van der Waals surface area contributed by atoms with Crippen molar-refractivity contribution in [2.45, 2.75) is 26.3 Å². The van der Waals surface area contributed by atoms with E-state index in [-0.39, 0.29) is 24.6 Å². The molecule has 0 atom stereocenters. The van der Waals surface area contributed by atoms with Crippen LogP contribution in [0.2, 0.25) is 10.0 Å². The Kier molecular flexibility index (Phi) is 7.33. The van der Waals surface area contributed by atoms with Crippen LogP contribution in [-0.4, -0.2) is 35.1 Å². The number of thiophene rings is 1. The van der Waals surface area contributed by atoms with Crippen LogP contribution in [-0.2, 0) is 11.3 Å². The maximum atomic E-state index is 13.1. The molecular weight excluding hydrogens is 434 g/mol. The van der Waals surface area contributed by atoms with Gasteiger partial charge in [0.2, 0.25) is 5.91 Å². The van der Waals surface area contributed by atoms with Crippen LogP contribution in [0.15, 0.2) is 40.6 Å². The van der Waals surface area contributed by atoms with Gasteiger partial charge in [0, 0.05) is 34.9 Å². The smallest absolute Gasteiger partial charge is 0.260 e. The van der Waals surface area contributed by atoms with E-state index in [0.29, 0.717) is 22.0 Å². The quantitative estimate of drug-likeness (QED) is 0.442. The van der Waals surface area contributed by atoms with Crippen LogP contribution in [0.1, 0.15) is 19.8 Å². The minimum absolute atomic E-state index is 0.0444. The van der Waals surface area contributed by atoms with Crippen molar-refractivity contribution in [1.82, 2.24) is 9.47 Å². The minimum atomic E-state index is -0.602. The molecule has 0 aliphatic carbocycles. The average molecular weight is 455 g/mol. The lowest BCUT2D eigenvalue weighted by molar-refractivity contribution is -0.132. The second kappa shape index (κ2) is 9.74. The summed E-state index contributed by atoms with van der Waals surface area (Å²) in [6.45, 7) is 1.83. The van der Waals surface area contributed by atoms with Gasteiger partial charge in [-0.1, -0.05) is 42.6 Å². The number of nitrogens with zero attached hydrogens (tertiary/aromatic N) is 2. The van der Waals surface area contributed by atoms with E-state index in [1.807, 2.05) is 24.4 Å². The number of hydrogen-bond acceptors (Lipinski definition) is 3. The molecule has 0 aliphatic heterocycles. The van der Waals surface area contributed by atoms with Crippen molar-refractivity contribution in [2.24, 2.45) is 0 Å². The molecule has 2 heterocycles. The van der Waals surface area contributed by atoms with E-state index in [0.717, 1.165) is 28.7 Å². The third-order valence-corrected chi connectivity index (χ3v) is 6.41. The lowest BCUT2D eigenvalue weighted by atomic mass is 10.1. The SMILES string of the molecule is CCCCN(CCF)C(=O)Cn1ccc2scc(-c3ccc(Cl)c(Cl)c3)c2c1=O. The van der Waals surface area contributed by atoms with Gasteiger partial charge >= 0.3 is 0 Å². The maximum absolute atomic E-state index is 13.1. The van der Waals surface area contributed by atoms with E-state index < -0.39 is 6.67 Å². The number of pyridine rings is 1. The average Bonchev–Trinajstić information content (AvgIpc) is 3.14. The van der Waals surface area contributed by atoms with Crippen molar-refractivity contribution >= 4 is 50.5 Å². The fraction of sp³-hybridized carbons (Fsp3) is 0.333. The van der Waals surface area contributed by atoms with E-state index in [1.165, 1.54) is 20.8 Å². The zero-order chi connectivity index (χ0) is 21.0. The van der Waals surface area contributed by atoms with Crippen molar-refractivity contribution in [3.05, 3.63) is 56.2 Å². The number of unbranched alkanes of at least 4 members (excludes halogenated alkanes) is 1. The first-order valence-electron chi connectivity index (χ1n) is 9.36. The van der Waals surface area contributed by atoms with Crippen LogP contribution in [0.4, 0.5) is 4.39 Å². The fourth-order valence-electron chi connectivity index (χ4n) is 3.14.